The third kappa shape index (κ3) is 3.38. The average Bonchev–Trinajstić information content (AvgIpc) is 2.93. The van der Waals surface area contributed by atoms with Crippen molar-refractivity contribution < 1.29 is 4.42 Å². The maximum atomic E-state index is 5.32. The Balaban J connectivity index is 1.65. The number of nitrogens with one attached hydrogen (secondary N) is 1. The van der Waals surface area contributed by atoms with E-state index in [1.54, 1.807) is 6.26 Å². The molecule has 0 radical (unpaired) electrons. The molecule has 2 unspecified atom stereocenters. The second-order valence-corrected chi connectivity index (χ2v) is 4.81. The highest BCUT2D eigenvalue weighted by atomic mass is 16.3. The highest BCUT2D eigenvalue weighted by Crippen LogP contribution is 2.32. The van der Waals surface area contributed by atoms with Crippen LogP contribution in [-0.4, -0.2) is 12.1 Å². The van der Waals surface area contributed by atoms with Crippen molar-refractivity contribution in [3.05, 3.63) is 24.2 Å². The Morgan fingerprint density at radius 2 is 2.27 bits per heavy atom. The number of aryl methyl sites for hydroxylation is 1. The normalized spacial score (nSPS) is 20.1. The molecular formula is C13H21NO. The highest BCUT2D eigenvalue weighted by Gasteiger charge is 2.28. The SMILES string of the molecule is CC(CCc1ccco1)NC(C)C1CC1. The number of hydrogen-bond acceptors (Lipinski definition) is 2. The average molecular weight is 207 g/mol. The van der Waals surface area contributed by atoms with Gasteiger partial charge in [0.25, 0.3) is 0 Å². The second-order valence-electron chi connectivity index (χ2n) is 4.81. The molecule has 15 heavy (non-hydrogen) atoms. The number of hydrogen-bond donors (Lipinski definition) is 1. The smallest absolute Gasteiger partial charge is 0.103 e. The second kappa shape index (κ2) is 4.84. The van der Waals surface area contributed by atoms with E-state index >= 15 is 0 Å². The first-order valence-electron chi connectivity index (χ1n) is 6.04. The van der Waals surface area contributed by atoms with E-state index in [-0.39, 0.29) is 0 Å². The van der Waals surface area contributed by atoms with Crippen molar-refractivity contribution in [3.8, 4) is 0 Å². The molecule has 1 N–H and O–H groups in total. The predicted molar refractivity (Wildman–Crippen MR) is 61.8 cm³/mol. The van der Waals surface area contributed by atoms with Crippen molar-refractivity contribution in [1.82, 2.24) is 5.32 Å². The minimum Gasteiger partial charge on any atom is -0.469 e. The Hall–Kier alpha value is -0.760. The number of rotatable bonds is 6. The Morgan fingerprint density at radius 1 is 1.47 bits per heavy atom. The summed E-state index contributed by atoms with van der Waals surface area (Å²) in [4.78, 5) is 0. The molecule has 0 aromatic carbocycles. The molecule has 1 aromatic rings. The fourth-order valence-corrected chi connectivity index (χ4v) is 2.08. The van der Waals surface area contributed by atoms with Crippen molar-refractivity contribution in [3.63, 3.8) is 0 Å². The third-order valence-electron chi connectivity index (χ3n) is 3.28. The molecule has 1 aliphatic rings. The lowest BCUT2D eigenvalue weighted by Gasteiger charge is -2.19. The summed E-state index contributed by atoms with van der Waals surface area (Å²) in [5.41, 5.74) is 0. The van der Waals surface area contributed by atoms with Crippen LogP contribution in [0.25, 0.3) is 0 Å². The lowest BCUT2D eigenvalue weighted by atomic mass is 10.1. The lowest BCUT2D eigenvalue weighted by molar-refractivity contribution is 0.402. The van der Waals surface area contributed by atoms with Crippen LogP contribution in [-0.2, 0) is 6.42 Å². The summed E-state index contributed by atoms with van der Waals surface area (Å²) >= 11 is 0. The van der Waals surface area contributed by atoms with E-state index in [4.69, 9.17) is 4.42 Å². The molecule has 0 bridgehead atoms. The number of furan rings is 1. The van der Waals surface area contributed by atoms with Crippen LogP contribution in [0.3, 0.4) is 0 Å². The molecular weight excluding hydrogens is 186 g/mol. The molecule has 0 aliphatic heterocycles. The van der Waals surface area contributed by atoms with Crippen molar-refractivity contribution >= 4 is 0 Å². The molecule has 0 saturated heterocycles. The third-order valence-corrected chi connectivity index (χ3v) is 3.28. The Morgan fingerprint density at radius 3 is 2.87 bits per heavy atom. The molecule has 1 heterocycles. The van der Waals surface area contributed by atoms with Crippen molar-refractivity contribution in [2.24, 2.45) is 5.92 Å². The minimum atomic E-state index is 0.589. The Labute approximate surface area is 92.1 Å². The Bertz CT molecular complexity index is 277. The first kappa shape index (κ1) is 10.7. The molecule has 2 atom stereocenters. The summed E-state index contributed by atoms with van der Waals surface area (Å²) in [6, 6.07) is 5.29. The van der Waals surface area contributed by atoms with Gasteiger partial charge in [0.2, 0.25) is 0 Å². The van der Waals surface area contributed by atoms with Crippen molar-refractivity contribution in [2.45, 2.75) is 51.6 Å². The first-order chi connectivity index (χ1) is 7.25. The van der Waals surface area contributed by atoms with Crippen LogP contribution in [0, 0.1) is 5.92 Å². The van der Waals surface area contributed by atoms with Gasteiger partial charge in [-0.25, -0.2) is 0 Å². The zero-order chi connectivity index (χ0) is 10.7. The van der Waals surface area contributed by atoms with Crippen LogP contribution < -0.4 is 5.32 Å². The van der Waals surface area contributed by atoms with Crippen molar-refractivity contribution in [2.75, 3.05) is 0 Å². The summed E-state index contributed by atoms with van der Waals surface area (Å²) in [5, 5.41) is 3.66. The topological polar surface area (TPSA) is 25.2 Å². The molecule has 1 saturated carbocycles. The van der Waals surface area contributed by atoms with Gasteiger partial charge in [0.15, 0.2) is 0 Å². The van der Waals surface area contributed by atoms with E-state index in [9.17, 15) is 0 Å². The van der Waals surface area contributed by atoms with Gasteiger partial charge in [0, 0.05) is 18.5 Å². The van der Waals surface area contributed by atoms with Crippen LogP contribution in [0.5, 0.6) is 0 Å². The molecule has 84 valence electrons. The molecule has 1 aromatic heterocycles. The largest absolute Gasteiger partial charge is 0.469 e. The monoisotopic (exact) mass is 207 g/mol. The molecule has 1 aliphatic carbocycles. The van der Waals surface area contributed by atoms with Gasteiger partial charge in [-0.05, 0) is 51.2 Å². The fourth-order valence-electron chi connectivity index (χ4n) is 2.08. The van der Waals surface area contributed by atoms with Crippen LogP contribution in [0.2, 0.25) is 0 Å². The van der Waals surface area contributed by atoms with Gasteiger partial charge >= 0.3 is 0 Å². The maximum absolute atomic E-state index is 5.32. The van der Waals surface area contributed by atoms with Gasteiger partial charge in [-0.3, -0.25) is 0 Å². The predicted octanol–water partition coefficient (Wildman–Crippen LogP) is 2.99. The summed E-state index contributed by atoms with van der Waals surface area (Å²) in [5.74, 6) is 2.04. The van der Waals surface area contributed by atoms with Crippen LogP contribution in [0.4, 0.5) is 0 Å². The van der Waals surface area contributed by atoms with E-state index in [1.807, 2.05) is 6.07 Å². The van der Waals surface area contributed by atoms with Crippen LogP contribution >= 0.6 is 0 Å². The van der Waals surface area contributed by atoms with E-state index < -0.39 is 0 Å². The summed E-state index contributed by atoms with van der Waals surface area (Å²) in [7, 11) is 0. The van der Waals surface area contributed by atoms with Gasteiger partial charge in [-0.15, -0.1) is 0 Å². The van der Waals surface area contributed by atoms with Gasteiger partial charge < -0.3 is 9.73 Å². The van der Waals surface area contributed by atoms with Gasteiger partial charge in [-0.1, -0.05) is 0 Å². The molecule has 2 nitrogen and oxygen atoms in total. The van der Waals surface area contributed by atoms with Gasteiger partial charge in [0.05, 0.1) is 6.26 Å². The van der Waals surface area contributed by atoms with Crippen molar-refractivity contribution in [1.29, 1.82) is 0 Å². The van der Waals surface area contributed by atoms with E-state index in [0.29, 0.717) is 12.1 Å². The molecule has 0 amide bonds. The van der Waals surface area contributed by atoms with Gasteiger partial charge in [0.1, 0.15) is 5.76 Å². The zero-order valence-electron chi connectivity index (χ0n) is 9.70. The van der Waals surface area contributed by atoms with E-state index in [1.165, 1.54) is 12.8 Å². The molecule has 2 heteroatoms. The first-order valence-corrected chi connectivity index (χ1v) is 6.04. The standard InChI is InChI=1S/C13H21NO/c1-10(14-11(2)12-6-7-12)5-8-13-4-3-9-15-13/h3-4,9-12,14H,5-8H2,1-2H3. The molecule has 1 fully saturated rings. The quantitative estimate of drug-likeness (QED) is 0.775. The summed E-state index contributed by atoms with van der Waals surface area (Å²) in [6.07, 6.45) is 6.78. The van der Waals surface area contributed by atoms with Gasteiger partial charge in [-0.2, -0.15) is 0 Å². The molecule has 0 spiro atoms. The van der Waals surface area contributed by atoms with E-state index in [0.717, 1.165) is 24.5 Å². The maximum Gasteiger partial charge on any atom is 0.103 e. The summed E-state index contributed by atoms with van der Waals surface area (Å²) in [6.45, 7) is 4.57. The van der Waals surface area contributed by atoms with Crippen LogP contribution in [0.1, 0.15) is 38.9 Å². The lowest BCUT2D eigenvalue weighted by Crippen LogP contribution is -2.36. The zero-order valence-corrected chi connectivity index (χ0v) is 9.70. The molecule has 2 rings (SSSR count). The fraction of sp³-hybridized carbons (Fsp3) is 0.692. The highest BCUT2D eigenvalue weighted by molar-refractivity contribution is 4.98. The van der Waals surface area contributed by atoms with Crippen LogP contribution in [0.15, 0.2) is 22.8 Å². The Kier molecular flexibility index (Phi) is 3.47. The minimum absolute atomic E-state index is 0.589. The summed E-state index contributed by atoms with van der Waals surface area (Å²) < 4.78 is 5.32. The van der Waals surface area contributed by atoms with E-state index in [2.05, 4.69) is 25.2 Å².